The average molecular weight is 428 g/mol. The minimum atomic E-state index is -1.19. The zero-order valence-electron chi connectivity index (χ0n) is 16.9. The summed E-state index contributed by atoms with van der Waals surface area (Å²) in [4.78, 5) is 24.3. The highest BCUT2D eigenvalue weighted by molar-refractivity contribution is 6.04. The lowest BCUT2D eigenvalue weighted by molar-refractivity contribution is 0.0997. The van der Waals surface area contributed by atoms with Crippen molar-refractivity contribution in [2.24, 2.45) is 5.73 Å². The summed E-state index contributed by atoms with van der Waals surface area (Å²) in [5.74, 6) is 4.92. The van der Waals surface area contributed by atoms with Crippen molar-refractivity contribution in [1.82, 2.24) is 15.0 Å². The highest BCUT2D eigenvalue weighted by Crippen LogP contribution is 2.24. The van der Waals surface area contributed by atoms with Crippen molar-refractivity contribution < 1.29 is 18.7 Å². The van der Waals surface area contributed by atoms with Gasteiger partial charge in [0.2, 0.25) is 5.89 Å². The second-order valence-electron chi connectivity index (χ2n) is 6.46. The number of rotatable bonds is 3. The number of fused-ring (bicyclic) bond motifs is 1. The molecule has 3 N–H and O–H groups in total. The van der Waals surface area contributed by atoms with Crippen LogP contribution < -0.4 is 5.73 Å². The Morgan fingerprint density at radius 3 is 2.66 bits per heavy atom. The molecule has 0 aliphatic carbocycles. The van der Waals surface area contributed by atoms with Gasteiger partial charge in [-0.3, -0.25) is 4.79 Å². The maximum atomic E-state index is 14.3. The number of aliphatic hydroxyl groups excluding tert-OH is 1. The zero-order valence-corrected chi connectivity index (χ0v) is 16.9. The van der Waals surface area contributed by atoms with Gasteiger partial charge < -0.3 is 15.3 Å². The lowest BCUT2D eigenvalue weighted by atomic mass is 10.1. The van der Waals surface area contributed by atoms with E-state index in [9.17, 15) is 14.3 Å². The SMILES string of the molecule is C#C.Cc1cnc([C@@H](O)C#Cc2cccc(-c3nc(C(N)=O)c4cccc(F)c4n3)c2)o1. The summed E-state index contributed by atoms with van der Waals surface area (Å²) in [5, 5.41) is 10.3. The van der Waals surface area contributed by atoms with E-state index in [1.165, 1.54) is 24.4 Å². The maximum absolute atomic E-state index is 14.3. The van der Waals surface area contributed by atoms with E-state index in [0.717, 1.165) is 0 Å². The lowest BCUT2D eigenvalue weighted by Crippen LogP contribution is -2.15. The van der Waals surface area contributed by atoms with E-state index in [2.05, 4.69) is 39.6 Å². The number of primary amides is 1. The first-order valence-corrected chi connectivity index (χ1v) is 9.24. The van der Waals surface area contributed by atoms with Crippen molar-refractivity contribution in [2.45, 2.75) is 13.0 Å². The normalized spacial score (nSPS) is 11.0. The zero-order chi connectivity index (χ0) is 23.3. The van der Waals surface area contributed by atoms with Crippen LogP contribution in [0.5, 0.6) is 0 Å². The van der Waals surface area contributed by atoms with E-state index in [4.69, 9.17) is 10.2 Å². The van der Waals surface area contributed by atoms with Gasteiger partial charge in [-0.05, 0) is 25.1 Å². The fourth-order valence-corrected chi connectivity index (χ4v) is 2.88. The van der Waals surface area contributed by atoms with E-state index in [1.54, 1.807) is 31.2 Å². The Morgan fingerprint density at radius 2 is 1.97 bits per heavy atom. The molecule has 4 aromatic rings. The molecule has 158 valence electrons. The standard InChI is InChI=1S/C22H15FN4O3.C2H2/c1-12-11-25-22(30-12)17(28)9-8-13-4-2-5-14(10-13)21-26-18-15(6-3-7-16(18)23)19(27-21)20(24)29;1-2/h2-7,10-11,17,28H,1H3,(H2,24,29);1-2H/t17-;/m0./s1. The summed E-state index contributed by atoms with van der Waals surface area (Å²) in [7, 11) is 0. The van der Waals surface area contributed by atoms with E-state index in [1.807, 2.05) is 0 Å². The monoisotopic (exact) mass is 428 g/mol. The third kappa shape index (κ3) is 4.62. The van der Waals surface area contributed by atoms with Crippen molar-refractivity contribution in [1.29, 1.82) is 0 Å². The molecule has 2 aromatic heterocycles. The smallest absolute Gasteiger partial charge is 0.268 e. The van der Waals surface area contributed by atoms with Crippen molar-refractivity contribution in [3.63, 3.8) is 0 Å². The second kappa shape index (κ2) is 9.52. The van der Waals surface area contributed by atoms with Crippen LogP contribution in [0.2, 0.25) is 0 Å². The Kier molecular flexibility index (Phi) is 6.59. The van der Waals surface area contributed by atoms with Crippen LogP contribution in [0.3, 0.4) is 0 Å². The predicted octanol–water partition coefficient (Wildman–Crippen LogP) is 3.17. The van der Waals surface area contributed by atoms with Gasteiger partial charge in [0.15, 0.2) is 11.9 Å². The van der Waals surface area contributed by atoms with Gasteiger partial charge in [-0.2, -0.15) is 0 Å². The van der Waals surface area contributed by atoms with Gasteiger partial charge in [0.05, 0.1) is 6.20 Å². The van der Waals surface area contributed by atoms with Crippen molar-refractivity contribution in [3.8, 4) is 36.1 Å². The number of benzene rings is 2. The Hall–Kier alpha value is -4.53. The summed E-state index contributed by atoms with van der Waals surface area (Å²) in [6, 6.07) is 11.0. The molecule has 0 aliphatic heterocycles. The van der Waals surface area contributed by atoms with Gasteiger partial charge in [-0.1, -0.05) is 36.1 Å². The number of oxazole rings is 1. The van der Waals surface area contributed by atoms with Crippen LogP contribution in [0.15, 0.2) is 53.1 Å². The van der Waals surface area contributed by atoms with Crippen LogP contribution in [0.4, 0.5) is 4.39 Å². The average Bonchev–Trinajstić information content (AvgIpc) is 3.25. The molecule has 2 aromatic carbocycles. The molecule has 0 saturated heterocycles. The first-order chi connectivity index (χ1) is 15.4. The van der Waals surface area contributed by atoms with Gasteiger partial charge in [-0.25, -0.2) is 19.3 Å². The topological polar surface area (TPSA) is 115 Å². The molecule has 8 heteroatoms. The number of amides is 1. The summed E-state index contributed by atoms with van der Waals surface area (Å²) >= 11 is 0. The number of halogens is 1. The summed E-state index contributed by atoms with van der Waals surface area (Å²) < 4.78 is 19.5. The third-order valence-corrected chi connectivity index (χ3v) is 4.26. The Morgan fingerprint density at radius 1 is 1.22 bits per heavy atom. The number of carbonyl (C=O) groups excluding carboxylic acids is 1. The molecule has 0 radical (unpaired) electrons. The maximum Gasteiger partial charge on any atom is 0.268 e. The molecule has 0 aliphatic rings. The molecular formula is C24H17FN4O3. The number of aryl methyl sites for hydroxylation is 1. The fraction of sp³-hybridized carbons (Fsp3) is 0.0833. The minimum Gasteiger partial charge on any atom is -0.442 e. The molecular weight excluding hydrogens is 411 g/mol. The van der Waals surface area contributed by atoms with Crippen LogP contribution in [-0.2, 0) is 0 Å². The number of hydrogen-bond acceptors (Lipinski definition) is 6. The fourth-order valence-electron chi connectivity index (χ4n) is 2.88. The van der Waals surface area contributed by atoms with E-state index in [-0.39, 0.29) is 28.3 Å². The number of para-hydroxylation sites is 1. The molecule has 32 heavy (non-hydrogen) atoms. The molecule has 0 spiro atoms. The lowest BCUT2D eigenvalue weighted by Gasteiger charge is -2.07. The predicted molar refractivity (Wildman–Crippen MR) is 116 cm³/mol. The summed E-state index contributed by atoms with van der Waals surface area (Å²) in [6.45, 7) is 1.72. The third-order valence-electron chi connectivity index (χ3n) is 4.26. The molecule has 4 rings (SSSR count). The number of carbonyl (C=O) groups is 1. The Bertz CT molecular complexity index is 1380. The van der Waals surface area contributed by atoms with Gasteiger partial charge in [0.1, 0.15) is 22.8 Å². The van der Waals surface area contributed by atoms with Crippen LogP contribution >= 0.6 is 0 Å². The highest BCUT2D eigenvalue weighted by atomic mass is 19.1. The van der Waals surface area contributed by atoms with Gasteiger partial charge >= 0.3 is 0 Å². The number of aliphatic hydroxyl groups is 1. The Labute approximate surface area is 183 Å². The number of aromatic nitrogens is 3. The molecule has 0 saturated carbocycles. The largest absolute Gasteiger partial charge is 0.442 e. The van der Waals surface area contributed by atoms with E-state index < -0.39 is 17.8 Å². The molecule has 2 heterocycles. The number of nitrogens with two attached hydrogens (primary N) is 1. The van der Waals surface area contributed by atoms with Crippen LogP contribution in [-0.4, -0.2) is 26.0 Å². The Balaban J connectivity index is 0.00000141. The molecule has 1 atom stereocenters. The first-order valence-electron chi connectivity index (χ1n) is 9.24. The van der Waals surface area contributed by atoms with Crippen LogP contribution in [0, 0.1) is 37.4 Å². The molecule has 0 unspecified atom stereocenters. The van der Waals surface area contributed by atoms with Gasteiger partial charge in [0, 0.05) is 16.5 Å². The number of terminal acetylenes is 1. The number of hydrogen-bond donors (Lipinski definition) is 2. The van der Waals surface area contributed by atoms with Gasteiger partial charge in [-0.15, -0.1) is 12.8 Å². The van der Waals surface area contributed by atoms with Crippen LogP contribution in [0.1, 0.15) is 33.8 Å². The van der Waals surface area contributed by atoms with Crippen molar-refractivity contribution in [2.75, 3.05) is 0 Å². The first kappa shape index (κ1) is 22.2. The minimum absolute atomic E-state index is 0.00229. The second-order valence-corrected chi connectivity index (χ2v) is 6.46. The van der Waals surface area contributed by atoms with Crippen LogP contribution in [0.25, 0.3) is 22.3 Å². The van der Waals surface area contributed by atoms with Gasteiger partial charge in [0.25, 0.3) is 5.91 Å². The van der Waals surface area contributed by atoms with E-state index in [0.29, 0.717) is 16.9 Å². The quantitative estimate of drug-likeness (QED) is 0.485. The summed E-state index contributed by atoms with van der Waals surface area (Å²) in [6.07, 6.45) is 8.31. The van der Waals surface area contributed by atoms with Crippen molar-refractivity contribution >= 4 is 16.8 Å². The summed E-state index contributed by atoms with van der Waals surface area (Å²) in [5.41, 5.74) is 6.42. The molecule has 0 fully saturated rings. The molecule has 0 bridgehead atoms. The number of nitrogens with zero attached hydrogens (tertiary/aromatic N) is 3. The molecule has 7 nitrogen and oxygen atoms in total. The highest BCUT2D eigenvalue weighted by Gasteiger charge is 2.16. The van der Waals surface area contributed by atoms with E-state index >= 15 is 0 Å². The van der Waals surface area contributed by atoms with Crippen molar-refractivity contribution in [3.05, 3.63) is 77.4 Å². The molecule has 1 amide bonds.